The van der Waals surface area contributed by atoms with Crippen molar-refractivity contribution in [3.8, 4) is 11.5 Å². The Labute approximate surface area is 178 Å². The monoisotopic (exact) mass is 443 g/mol. The smallest absolute Gasteiger partial charge is 0.260 e. The fourth-order valence-electron chi connectivity index (χ4n) is 3.67. The van der Waals surface area contributed by atoms with Gasteiger partial charge < -0.3 is 24.9 Å². The number of fused-ring (bicyclic) bond motifs is 2. The van der Waals surface area contributed by atoms with E-state index >= 15 is 0 Å². The normalized spacial score (nSPS) is 14.5. The number of pyridine rings is 1. The number of aromatic nitrogens is 1. The van der Waals surface area contributed by atoms with Crippen molar-refractivity contribution in [2.45, 2.75) is 6.54 Å². The summed E-state index contributed by atoms with van der Waals surface area (Å²) in [6, 6.07) is 8.60. The molecule has 2 heterocycles. The fourth-order valence-corrected chi connectivity index (χ4v) is 3.99. The van der Waals surface area contributed by atoms with E-state index in [1.165, 1.54) is 46.3 Å². The summed E-state index contributed by atoms with van der Waals surface area (Å²) in [6.45, 7) is -0.264. The molecule has 1 aliphatic heterocycles. The molecule has 8 nitrogen and oxygen atoms in total. The number of nitrogens with zero attached hydrogens (tertiary/aromatic N) is 3. The Bertz CT molecular complexity index is 1170. The molecule has 0 saturated carbocycles. The highest BCUT2D eigenvalue weighted by Crippen LogP contribution is 2.46. The molecule has 31 heavy (non-hydrogen) atoms. The Morgan fingerprint density at radius 3 is 2.55 bits per heavy atom. The van der Waals surface area contributed by atoms with Crippen LogP contribution in [-0.4, -0.2) is 56.1 Å². The van der Waals surface area contributed by atoms with Gasteiger partial charge in [-0.15, -0.1) is 0 Å². The van der Waals surface area contributed by atoms with Crippen molar-refractivity contribution >= 4 is 37.2 Å². The Morgan fingerprint density at radius 2 is 1.84 bits per heavy atom. The summed E-state index contributed by atoms with van der Waals surface area (Å²) in [6.07, 6.45) is 1.66. The van der Waals surface area contributed by atoms with E-state index < -0.39 is 32.2 Å². The number of phenols is 2. The number of phenolic OH excluding ortho intramolecular Hbond substituents is 2. The highest BCUT2D eigenvalue weighted by molar-refractivity contribution is 7.31. The van der Waals surface area contributed by atoms with Gasteiger partial charge >= 0.3 is 0 Å². The lowest BCUT2D eigenvalue weighted by Crippen LogP contribution is -2.39. The van der Waals surface area contributed by atoms with Gasteiger partial charge in [0, 0.05) is 39.6 Å². The lowest BCUT2D eigenvalue weighted by atomic mass is 10.0. The Kier molecular flexibility index (Phi) is 5.71. The van der Waals surface area contributed by atoms with Gasteiger partial charge in [0.25, 0.3) is 5.91 Å². The van der Waals surface area contributed by atoms with Gasteiger partial charge in [-0.1, -0.05) is 12.1 Å². The molecule has 1 atom stereocenters. The SMILES string of the molecule is O=C1c2c(c(O)c3cccnc3c2O)N(CCPO)C(=O)CN1Cc1ccc(F)cc1. The second-order valence-electron chi connectivity index (χ2n) is 7.06. The molecule has 0 fully saturated rings. The lowest BCUT2D eigenvalue weighted by molar-refractivity contribution is -0.119. The number of carbonyl (C=O) groups excluding carboxylic acids is 2. The molecule has 1 aromatic heterocycles. The number of amides is 2. The molecule has 1 unspecified atom stereocenters. The summed E-state index contributed by atoms with van der Waals surface area (Å²) in [5.41, 5.74) is 0.287. The standard InChI is InChI=1S/C21H19FN3O5P/c22-13-5-3-12(4-6-13)10-24-11-15(26)25(8-9-31-30)18-16(21(24)29)20(28)17-14(19(18)27)2-1-7-23-17/h1-7,27-28,30-31H,8-11H2. The minimum Gasteiger partial charge on any atom is -0.505 e. The number of hydrogen-bond donors (Lipinski definition) is 3. The maximum Gasteiger partial charge on any atom is 0.260 e. The van der Waals surface area contributed by atoms with Gasteiger partial charge in [-0.25, -0.2) is 4.39 Å². The first-order valence-electron chi connectivity index (χ1n) is 9.46. The summed E-state index contributed by atoms with van der Waals surface area (Å²) in [4.78, 5) is 42.3. The van der Waals surface area contributed by atoms with Gasteiger partial charge in [0.2, 0.25) is 5.91 Å². The minimum absolute atomic E-state index is 0.000338. The summed E-state index contributed by atoms with van der Waals surface area (Å²) < 4.78 is 13.3. The van der Waals surface area contributed by atoms with Gasteiger partial charge in [0.05, 0.1) is 0 Å². The van der Waals surface area contributed by atoms with Crippen molar-refractivity contribution in [1.29, 1.82) is 0 Å². The average Bonchev–Trinajstić information content (AvgIpc) is 2.87. The first kappa shape index (κ1) is 21.0. The highest BCUT2D eigenvalue weighted by Gasteiger charge is 2.37. The molecular formula is C21H19FN3O5P. The third-order valence-corrected chi connectivity index (χ3v) is 5.56. The number of benzene rings is 2. The summed E-state index contributed by atoms with van der Waals surface area (Å²) in [5.74, 6) is -2.36. The topological polar surface area (TPSA) is 114 Å². The van der Waals surface area contributed by atoms with Crippen LogP contribution in [-0.2, 0) is 11.3 Å². The van der Waals surface area contributed by atoms with Crippen LogP contribution in [0.3, 0.4) is 0 Å². The number of aromatic hydroxyl groups is 2. The predicted octanol–water partition coefficient (Wildman–Crippen LogP) is 2.36. The predicted molar refractivity (Wildman–Crippen MR) is 114 cm³/mol. The van der Waals surface area contributed by atoms with Crippen LogP contribution in [0.2, 0.25) is 0 Å². The molecule has 160 valence electrons. The van der Waals surface area contributed by atoms with Crippen LogP contribution in [0.1, 0.15) is 15.9 Å². The third-order valence-electron chi connectivity index (χ3n) is 5.12. The molecule has 4 rings (SSSR count). The third kappa shape index (κ3) is 3.78. The minimum atomic E-state index is -0.665. The van der Waals surface area contributed by atoms with E-state index in [9.17, 15) is 29.1 Å². The second-order valence-corrected chi connectivity index (χ2v) is 7.88. The molecule has 0 radical (unpaired) electrons. The summed E-state index contributed by atoms with van der Waals surface area (Å²) in [5, 5.41) is 22.0. The van der Waals surface area contributed by atoms with E-state index in [0.717, 1.165) is 0 Å². The van der Waals surface area contributed by atoms with Crippen molar-refractivity contribution in [2.24, 2.45) is 0 Å². The second kappa shape index (κ2) is 8.45. The van der Waals surface area contributed by atoms with E-state index in [2.05, 4.69) is 4.98 Å². The Morgan fingerprint density at radius 1 is 1.10 bits per heavy atom. The highest BCUT2D eigenvalue weighted by atomic mass is 31.1. The van der Waals surface area contributed by atoms with Gasteiger partial charge in [0.1, 0.15) is 34.9 Å². The van der Waals surface area contributed by atoms with Crippen LogP contribution < -0.4 is 4.90 Å². The fraction of sp³-hybridized carbons (Fsp3) is 0.190. The van der Waals surface area contributed by atoms with Crippen molar-refractivity contribution in [3.63, 3.8) is 0 Å². The number of rotatable bonds is 5. The van der Waals surface area contributed by atoms with E-state index in [4.69, 9.17) is 0 Å². The van der Waals surface area contributed by atoms with Gasteiger partial charge in [0.15, 0.2) is 5.75 Å². The maximum absolute atomic E-state index is 13.4. The first-order valence-corrected chi connectivity index (χ1v) is 10.6. The van der Waals surface area contributed by atoms with Crippen molar-refractivity contribution < 1.29 is 29.1 Å². The van der Waals surface area contributed by atoms with Gasteiger partial charge in [-0.05, 0) is 29.8 Å². The molecule has 3 aromatic rings. The molecule has 0 aliphatic carbocycles. The number of halogens is 1. The van der Waals surface area contributed by atoms with Crippen LogP contribution in [0.25, 0.3) is 10.9 Å². The summed E-state index contributed by atoms with van der Waals surface area (Å²) >= 11 is 0. The molecule has 0 bridgehead atoms. The first-order chi connectivity index (χ1) is 14.9. The van der Waals surface area contributed by atoms with E-state index in [-0.39, 0.29) is 53.7 Å². The van der Waals surface area contributed by atoms with Crippen molar-refractivity contribution in [3.05, 3.63) is 59.5 Å². The van der Waals surface area contributed by atoms with E-state index in [0.29, 0.717) is 5.56 Å². The molecular weight excluding hydrogens is 424 g/mol. The zero-order chi connectivity index (χ0) is 22.1. The van der Waals surface area contributed by atoms with Gasteiger partial charge in [-0.2, -0.15) is 0 Å². The molecule has 2 amide bonds. The molecule has 10 heteroatoms. The molecule has 0 spiro atoms. The van der Waals surface area contributed by atoms with E-state index in [1.54, 1.807) is 6.07 Å². The Balaban J connectivity index is 1.89. The van der Waals surface area contributed by atoms with Crippen LogP contribution >= 0.6 is 8.81 Å². The molecule has 3 N–H and O–H groups in total. The van der Waals surface area contributed by atoms with Crippen LogP contribution in [0.5, 0.6) is 11.5 Å². The van der Waals surface area contributed by atoms with Crippen molar-refractivity contribution in [2.75, 3.05) is 24.2 Å². The van der Waals surface area contributed by atoms with Gasteiger partial charge in [-0.3, -0.25) is 14.6 Å². The van der Waals surface area contributed by atoms with Crippen LogP contribution in [0.15, 0.2) is 42.6 Å². The quantitative estimate of drug-likeness (QED) is 0.412. The summed E-state index contributed by atoms with van der Waals surface area (Å²) in [7, 11) is -0.438. The zero-order valence-corrected chi connectivity index (χ0v) is 17.2. The zero-order valence-electron chi connectivity index (χ0n) is 16.2. The lowest BCUT2D eigenvalue weighted by Gasteiger charge is -2.24. The molecule has 2 aromatic carbocycles. The average molecular weight is 443 g/mol. The number of carbonyl (C=O) groups is 2. The largest absolute Gasteiger partial charge is 0.505 e. The van der Waals surface area contributed by atoms with E-state index in [1.807, 2.05) is 0 Å². The van der Waals surface area contributed by atoms with Crippen LogP contribution in [0, 0.1) is 5.82 Å². The number of hydrogen-bond acceptors (Lipinski definition) is 6. The Hall–Kier alpha value is -3.29. The molecule has 0 saturated heterocycles. The molecule has 1 aliphatic rings. The number of anilines is 1. The van der Waals surface area contributed by atoms with Crippen LogP contribution in [0.4, 0.5) is 10.1 Å². The van der Waals surface area contributed by atoms with Crippen molar-refractivity contribution in [1.82, 2.24) is 9.88 Å². The maximum atomic E-state index is 13.4.